The van der Waals surface area contributed by atoms with Gasteiger partial charge in [-0.15, -0.1) is 11.3 Å². The molecule has 3 heterocycles. The van der Waals surface area contributed by atoms with Crippen molar-refractivity contribution in [3.63, 3.8) is 0 Å². The number of fused-ring (bicyclic) bond motifs is 1. The Bertz CT molecular complexity index is 732. The van der Waals surface area contributed by atoms with Crippen LogP contribution in [0.4, 0.5) is 0 Å². The molecule has 3 rings (SSSR count). The normalized spacial score (nSPS) is 10.8. The number of carbonyl (C=O) groups excluding carboxylic acids is 1. The number of nitrogens with zero attached hydrogens (tertiary/aromatic N) is 3. The molecule has 0 atom stereocenters. The summed E-state index contributed by atoms with van der Waals surface area (Å²) in [6, 6.07) is 5.82. The minimum atomic E-state index is -0.388. The van der Waals surface area contributed by atoms with Gasteiger partial charge in [0.25, 0.3) is 0 Å². The lowest BCUT2D eigenvalue weighted by Gasteiger charge is -1.96. The Morgan fingerprint density at radius 3 is 3.21 bits per heavy atom. The molecule has 0 spiro atoms. The number of carbonyl (C=O) groups is 1. The predicted molar refractivity (Wildman–Crippen MR) is 72.3 cm³/mol. The zero-order valence-corrected chi connectivity index (χ0v) is 11.1. The van der Waals surface area contributed by atoms with Crippen molar-refractivity contribution >= 4 is 22.8 Å². The second kappa shape index (κ2) is 4.81. The molecule has 0 aliphatic rings. The number of hydrogen-bond donors (Lipinski definition) is 0. The number of ether oxygens (including phenoxy) is 1. The Balaban J connectivity index is 2.01. The topological polar surface area (TPSA) is 56.5 Å². The molecule has 0 unspecified atom stereocenters. The van der Waals surface area contributed by atoms with Crippen LogP contribution in [-0.4, -0.2) is 27.2 Å². The fourth-order valence-corrected chi connectivity index (χ4v) is 2.60. The largest absolute Gasteiger partial charge is 0.461 e. The summed E-state index contributed by atoms with van der Waals surface area (Å²) in [5, 5.41) is 6.73. The van der Waals surface area contributed by atoms with E-state index < -0.39 is 0 Å². The lowest BCUT2D eigenvalue weighted by atomic mass is 10.3. The maximum atomic E-state index is 11.6. The van der Waals surface area contributed by atoms with E-state index in [0.717, 1.165) is 16.1 Å². The lowest BCUT2D eigenvalue weighted by molar-refractivity contribution is 0.0520. The highest BCUT2D eigenvalue weighted by atomic mass is 32.1. The van der Waals surface area contributed by atoms with Gasteiger partial charge in [-0.25, -0.2) is 14.3 Å². The summed E-state index contributed by atoms with van der Waals surface area (Å²) in [4.78, 5) is 15.9. The molecule has 0 fully saturated rings. The fraction of sp³-hybridized carbons (Fsp3) is 0.154. The van der Waals surface area contributed by atoms with Gasteiger partial charge in [-0.3, -0.25) is 0 Å². The summed E-state index contributed by atoms with van der Waals surface area (Å²) in [5.74, 6) is -0.388. The minimum absolute atomic E-state index is 0.345. The van der Waals surface area contributed by atoms with E-state index in [2.05, 4.69) is 10.1 Å². The van der Waals surface area contributed by atoms with Gasteiger partial charge in [0.2, 0.25) is 0 Å². The van der Waals surface area contributed by atoms with Gasteiger partial charge in [-0.05, 0) is 19.1 Å². The molecule has 0 bridgehead atoms. The number of rotatable bonds is 3. The average molecular weight is 273 g/mol. The van der Waals surface area contributed by atoms with Crippen molar-refractivity contribution in [2.24, 2.45) is 0 Å². The van der Waals surface area contributed by atoms with E-state index in [-0.39, 0.29) is 5.97 Å². The first-order chi connectivity index (χ1) is 9.29. The van der Waals surface area contributed by atoms with E-state index in [0.29, 0.717) is 12.3 Å². The number of aromatic nitrogens is 3. The zero-order valence-electron chi connectivity index (χ0n) is 10.2. The lowest BCUT2D eigenvalue weighted by Crippen LogP contribution is -2.04. The summed E-state index contributed by atoms with van der Waals surface area (Å²) in [6.45, 7) is 2.12. The number of pyridine rings is 1. The van der Waals surface area contributed by atoms with Crippen LogP contribution in [0.1, 0.15) is 17.4 Å². The molecule has 0 aliphatic heterocycles. The molecule has 0 aromatic carbocycles. The van der Waals surface area contributed by atoms with Crippen LogP contribution >= 0.6 is 11.3 Å². The molecule has 96 valence electrons. The van der Waals surface area contributed by atoms with E-state index in [1.54, 1.807) is 23.0 Å². The van der Waals surface area contributed by atoms with Crippen LogP contribution in [-0.2, 0) is 4.74 Å². The van der Waals surface area contributed by atoms with E-state index >= 15 is 0 Å². The molecule has 0 saturated heterocycles. The van der Waals surface area contributed by atoms with Crippen LogP contribution in [0.2, 0.25) is 0 Å². The molecule has 3 aromatic rings. The van der Waals surface area contributed by atoms with E-state index in [4.69, 9.17) is 4.74 Å². The first-order valence-corrected chi connectivity index (χ1v) is 6.73. The maximum absolute atomic E-state index is 11.6. The standard InChI is InChI=1S/C13H11N3O2S/c1-2-18-13(17)10-8-19-12(15-10)9-7-14-16-6-4-3-5-11(9)16/h3-8H,2H2,1H3. The Morgan fingerprint density at radius 2 is 2.37 bits per heavy atom. The zero-order chi connectivity index (χ0) is 13.2. The minimum Gasteiger partial charge on any atom is -0.461 e. The van der Waals surface area contributed by atoms with Crippen molar-refractivity contribution in [1.29, 1.82) is 0 Å². The first-order valence-electron chi connectivity index (χ1n) is 5.85. The van der Waals surface area contributed by atoms with Gasteiger partial charge in [0.15, 0.2) is 5.69 Å². The molecule has 0 aliphatic carbocycles. The monoisotopic (exact) mass is 273 g/mol. The summed E-state index contributed by atoms with van der Waals surface area (Å²) >= 11 is 1.41. The van der Waals surface area contributed by atoms with Gasteiger partial charge < -0.3 is 4.74 Å². The Morgan fingerprint density at radius 1 is 1.47 bits per heavy atom. The molecular weight excluding hydrogens is 262 g/mol. The van der Waals surface area contributed by atoms with Crippen molar-refractivity contribution in [2.45, 2.75) is 6.92 Å². The van der Waals surface area contributed by atoms with Crippen molar-refractivity contribution in [3.05, 3.63) is 41.7 Å². The number of thiazole rings is 1. The van der Waals surface area contributed by atoms with E-state index in [9.17, 15) is 4.79 Å². The average Bonchev–Trinajstić information content (AvgIpc) is 3.05. The highest BCUT2D eigenvalue weighted by molar-refractivity contribution is 7.13. The Labute approximate surface area is 113 Å². The van der Waals surface area contributed by atoms with Crippen molar-refractivity contribution in [2.75, 3.05) is 6.61 Å². The quantitative estimate of drug-likeness (QED) is 0.688. The molecule has 0 radical (unpaired) electrons. The molecule has 3 aromatic heterocycles. The maximum Gasteiger partial charge on any atom is 0.357 e. The van der Waals surface area contributed by atoms with Crippen LogP contribution in [0.15, 0.2) is 36.0 Å². The fourth-order valence-electron chi connectivity index (χ4n) is 1.80. The van der Waals surface area contributed by atoms with Gasteiger partial charge in [0.1, 0.15) is 5.01 Å². The Kier molecular flexibility index (Phi) is 3.00. The summed E-state index contributed by atoms with van der Waals surface area (Å²) in [7, 11) is 0. The van der Waals surface area contributed by atoms with Crippen molar-refractivity contribution < 1.29 is 9.53 Å². The van der Waals surface area contributed by atoms with Crippen LogP contribution in [0, 0.1) is 0 Å². The molecule has 0 saturated carbocycles. The summed E-state index contributed by atoms with van der Waals surface area (Å²) in [6.07, 6.45) is 3.63. The molecule has 6 heteroatoms. The Hall–Kier alpha value is -2.21. The van der Waals surface area contributed by atoms with Gasteiger partial charge >= 0.3 is 5.97 Å². The van der Waals surface area contributed by atoms with Gasteiger partial charge in [0, 0.05) is 11.6 Å². The molecule has 0 amide bonds. The van der Waals surface area contributed by atoms with Crippen LogP contribution in [0.25, 0.3) is 16.1 Å². The third-order valence-corrected chi connectivity index (χ3v) is 3.52. The van der Waals surface area contributed by atoms with Crippen LogP contribution in [0.5, 0.6) is 0 Å². The van der Waals surface area contributed by atoms with E-state index in [1.807, 2.05) is 24.4 Å². The summed E-state index contributed by atoms with van der Waals surface area (Å²) < 4.78 is 6.71. The molecular formula is C13H11N3O2S. The summed E-state index contributed by atoms with van der Waals surface area (Å²) in [5.41, 5.74) is 2.23. The number of hydrogen-bond acceptors (Lipinski definition) is 5. The molecule has 19 heavy (non-hydrogen) atoms. The van der Waals surface area contributed by atoms with E-state index in [1.165, 1.54) is 11.3 Å². The third kappa shape index (κ3) is 2.10. The van der Waals surface area contributed by atoms with Crippen molar-refractivity contribution in [1.82, 2.24) is 14.6 Å². The van der Waals surface area contributed by atoms with Gasteiger partial charge in [-0.2, -0.15) is 5.10 Å². The highest BCUT2D eigenvalue weighted by Gasteiger charge is 2.15. The first kappa shape index (κ1) is 11.9. The predicted octanol–water partition coefficient (Wildman–Crippen LogP) is 2.63. The van der Waals surface area contributed by atoms with Crippen LogP contribution in [0.3, 0.4) is 0 Å². The smallest absolute Gasteiger partial charge is 0.357 e. The highest BCUT2D eigenvalue weighted by Crippen LogP contribution is 2.27. The second-order valence-electron chi connectivity index (χ2n) is 3.85. The second-order valence-corrected chi connectivity index (χ2v) is 4.71. The SMILES string of the molecule is CCOC(=O)c1csc(-c2cnn3ccccc23)n1. The molecule has 5 nitrogen and oxygen atoms in total. The molecule has 0 N–H and O–H groups in total. The number of esters is 1. The van der Waals surface area contributed by atoms with Crippen LogP contribution < -0.4 is 0 Å². The third-order valence-electron chi connectivity index (χ3n) is 2.65. The van der Waals surface area contributed by atoms with Crippen molar-refractivity contribution in [3.8, 4) is 10.6 Å². The van der Waals surface area contributed by atoms with Gasteiger partial charge in [-0.1, -0.05) is 6.07 Å². The van der Waals surface area contributed by atoms with Gasteiger partial charge in [0.05, 0.1) is 23.9 Å².